The lowest BCUT2D eigenvalue weighted by molar-refractivity contribution is -0.140. The number of benzene rings is 1. The zero-order valence-corrected chi connectivity index (χ0v) is 12.7. The summed E-state index contributed by atoms with van der Waals surface area (Å²) < 4.78 is 10.4. The Morgan fingerprint density at radius 2 is 1.95 bits per heavy atom. The molecule has 1 aliphatic rings. The largest absolute Gasteiger partial charge is 0.497 e. The van der Waals surface area contributed by atoms with Gasteiger partial charge < -0.3 is 14.8 Å². The van der Waals surface area contributed by atoms with Gasteiger partial charge >= 0.3 is 0 Å². The third-order valence-electron chi connectivity index (χ3n) is 3.44. The van der Waals surface area contributed by atoms with Gasteiger partial charge in [0.1, 0.15) is 17.5 Å². The Morgan fingerprint density at radius 3 is 2.48 bits per heavy atom. The van der Waals surface area contributed by atoms with Crippen LogP contribution < -0.4 is 14.8 Å². The van der Waals surface area contributed by atoms with Gasteiger partial charge in [-0.3, -0.25) is 14.5 Å². The number of ether oxygens (including phenoxy) is 2. The Balaban J connectivity index is 2.19. The summed E-state index contributed by atoms with van der Waals surface area (Å²) in [6.45, 7) is 3.65. The smallest absolute Gasteiger partial charge is 0.252 e. The highest BCUT2D eigenvalue weighted by Gasteiger charge is 2.40. The number of anilines is 1. The molecule has 0 saturated carbocycles. The van der Waals surface area contributed by atoms with Gasteiger partial charge in [-0.25, -0.2) is 0 Å². The second-order valence-corrected chi connectivity index (χ2v) is 5.16. The zero-order valence-electron chi connectivity index (χ0n) is 12.7. The summed E-state index contributed by atoms with van der Waals surface area (Å²) in [7, 11) is 3.11. The van der Waals surface area contributed by atoms with Gasteiger partial charge in [0.2, 0.25) is 5.91 Å². The van der Waals surface area contributed by atoms with Crippen LogP contribution in [0.3, 0.4) is 0 Å². The fourth-order valence-electron chi connectivity index (χ4n) is 2.41. The number of rotatable bonds is 5. The molecule has 1 heterocycles. The number of likely N-dealkylation sites (tertiary alicyclic amines) is 1. The van der Waals surface area contributed by atoms with E-state index in [4.69, 9.17) is 9.47 Å². The van der Waals surface area contributed by atoms with Crippen LogP contribution in [0.2, 0.25) is 0 Å². The zero-order chi connectivity index (χ0) is 15.6. The van der Waals surface area contributed by atoms with Crippen molar-refractivity contribution >= 4 is 17.5 Å². The molecule has 1 fully saturated rings. The predicted octanol–water partition coefficient (Wildman–Crippen LogP) is 1.65. The third-order valence-corrected chi connectivity index (χ3v) is 3.44. The first-order chi connectivity index (χ1) is 9.97. The van der Waals surface area contributed by atoms with Crippen LogP contribution in [0.15, 0.2) is 18.2 Å². The van der Waals surface area contributed by atoms with Gasteiger partial charge in [-0.1, -0.05) is 0 Å². The molecule has 1 aliphatic heterocycles. The van der Waals surface area contributed by atoms with Crippen molar-refractivity contribution in [1.82, 2.24) is 4.90 Å². The van der Waals surface area contributed by atoms with Crippen molar-refractivity contribution in [1.29, 1.82) is 0 Å². The highest BCUT2D eigenvalue weighted by molar-refractivity contribution is 6.07. The van der Waals surface area contributed by atoms with Crippen molar-refractivity contribution in [2.45, 2.75) is 32.4 Å². The molecule has 0 aliphatic carbocycles. The van der Waals surface area contributed by atoms with Gasteiger partial charge in [0.15, 0.2) is 0 Å². The molecular formula is C15H20N2O4. The Labute approximate surface area is 124 Å². The standard InChI is InChI=1S/C15H20N2O4/c1-9(2)17-14(18)8-12(15(17)19)16-11-6-5-10(20-3)7-13(11)21-4/h5-7,9,12,16H,8H2,1-4H3. The highest BCUT2D eigenvalue weighted by Crippen LogP contribution is 2.31. The number of carbonyl (C=O) groups excluding carboxylic acids is 2. The van der Waals surface area contributed by atoms with Gasteiger partial charge in [-0.05, 0) is 26.0 Å². The van der Waals surface area contributed by atoms with Crippen LogP contribution in [0, 0.1) is 0 Å². The molecule has 0 bridgehead atoms. The Kier molecular flexibility index (Phi) is 4.35. The maximum Gasteiger partial charge on any atom is 0.252 e. The fraction of sp³-hybridized carbons (Fsp3) is 0.467. The number of nitrogens with one attached hydrogen (secondary N) is 1. The average Bonchev–Trinajstić information content (AvgIpc) is 2.73. The molecule has 1 aromatic carbocycles. The van der Waals surface area contributed by atoms with Crippen LogP contribution in [0.25, 0.3) is 0 Å². The minimum absolute atomic E-state index is 0.130. The van der Waals surface area contributed by atoms with Gasteiger partial charge in [-0.15, -0.1) is 0 Å². The number of hydrogen-bond acceptors (Lipinski definition) is 5. The number of methoxy groups -OCH3 is 2. The minimum atomic E-state index is -0.554. The normalized spacial score (nSPS) is 18.3. The van der Waals surface area contributed by atoms with Crippen LogP contribution in [0.1, 0.15) is 20.3 Å². The maximum absolute atomic E-state index is 12.3. The maximum atomic E-state index is 12.3. The number of amides is 2. The third kappa shape index (κ3) is 2.94. The van der Waals surface area contributed by atoms with E-state index < -0.39 is 6.04 Å². The summed E-state index contributed by atoms with van der Waals surface area (Å²) in [6.07, 6.45) is 0.159. The van der Waals surface area contributed by atoms with Crippen LogP contribution in [0.5, 0.6) is 11.5 Å². The summed E-state index contributed by atoms with van der Waals surface area (Å²) in [6, 6.07) is 4.58. The second-order valence-electron chi connectivity index (χ2n) is 5.16. The van der Waals surface area contributed by atoms with Crippen molar-refractivity contribution < 1.29 is 19.1 Å². The second kappa shape index (κ2) is 6.03. The van der Waals surface area contributed by atoms with Crippen molar-refractivity contribution in [2.75, 3.05) is 19.5 Å². The molecule has 114 valence electrons. The number of carbonyl (C=O) groups is 2. The van der Waals surface area contributed by atoms with E-state index in [1.807, 2.05) is 13.8 Å². The Hall–Kier alpha value is -2.24. The molecular weight excluding hydrogens is 272 g/mol. The van der Waals surface area contributed by atoms with E-state index in [0.717, 1.165) is 0 Å². The van der Waals surface area contributed by atoms with E-state index in [1.165, 1.54) is 4.90 Å². The molecule has 0 aromatic heterocycles. The van der Waals surface area contributed by atoms with Gasteiger partial charge in [0, 0.05) is 12.1 Å². The summed E-state index contributed by atoms with van der Waals surface area (Å²) in [5, 5.41) is 3.08. The fourth-order valence-corrected chi connectivity index (χ4v) is 2.41. The quantitative estimate of drug-likeness (QED) is 0.836. The van der Waals surface area contributed by atoms with E-state index in [9.17, 15) is 9.59 Å². The van der Waals surface area contributed by atoms with Crippen LogP contribution in [-0.4, -0.2) is 43.0 Å². The number of imide groups is 1. The first-order valence-corrected chi connectivity index (χ1v) is 6.82. The first-order valence-electron chi connectivity index (χ1n) is 6.82. The van der Waals surface area contributed by atoms with E-state index in [-0.39, 0.29) is 24.3 Å². The van der Waals surface area contributed by atoms with Gasteiger partial charge in [-0.2, -0.15) is 0 Å². The highest BCUT2D eigenvalue weighted by atomic mass is 16.5. The predicted molar refractivity (Wildman–Crippen MR) is 78.6 cm³/mol. The molecule has 1 atom stereocenters. The molecule has 6 nitrogen and oxygen atoms in total. The van der Waals surface area contributed by atoms with Crippen LogP contribution in [0.4, 0.5) is 5.69 Å². The monoisotopic (exact) mass is 292 g/mol. The molecule has 2 amide bonds. The topological polar surface area (TPSA) is 67.9 Å². The number of hydrogen-bond donors (Lipinski definition) is 1. The van der Waals surface area contributed by atoms with Crippen LogP contribution in [-0.2, 0) is 9.59 Å². The van der Waals surface area contributed by atoms with E-state index in [1.54, 1.807) is 32.4 Å². The minimum Gasteiger partial charge on any atom is -0.497 e. The molecule has 1 saturated heterocycles. The lowest BCUT2D eigenvalue weighted by Crippen LogP contribution is -2.39. The molecule has 1 aromatic rings. The van der Waals surface area contributed by atoms with Crippen molar-refractivity contribution in [3.8, 4) is 11.5 Å². The SMILES string of the molecule is COc1ccc(NC2CC(=O)N(C(C)C)C2=O)c(OC)c1. The molecule has 21 heavy (non-hydrogen) atoms. The van der Waals surface area contributed by atoms with Crippen LogP contribution >= 0.6 is 0 Å². The van der Waals surface area contributed by atoms with Crippen molar-refractivity contribution in [3.05, 3.63) is 18.2 Å². The molecule has 1 N–H and O–H groups in total. The Bertz CT molecular complexity index is 557. The van der Waals surface area contributed by atoms with Gasteiger partial charge in [0.25, 0.3) is 5.91 Å². The Morgan fingerprint density at radius 1 is 1.24 bits per heavy atom. The summed E-state index contributed by atoms with van der Waals surface area (Å²) in [5.74, 6) is 0.875. The molecule has 1 unspecified atom stereocenters. The van der Waals surface area contributed by atoms with Crippen molar-refractivity contribution in [2.24, 2.45) is 0 Å². The van der Waals surface area contributed by atoms with E-state index >= 15 is 0 Å². The van der Waals surface area contributed by atoms with E-state index in [0.29, 0.717) is 17.2 Å². The molecule has 0 spiro atoms. The van der Waals surface area contributed by atoms with Gasteiger partial charge in [0.05, 0.1) is 26.3 Å². The lowest BCUT2D eigenvalue weighted by Gasteiger charge is -2.20. The lowest BCUT2D eigenvalue weighted by atomic mass is 10.2. The summed E-state index contributed by atoms with van der Waals surface area (Å²) in [5.41, 5.74) is 0.662. The average molecular weight is 292 g/mol. The molecule has 6 heteroatoms. The molecule has 0 radical (unpaired) electrons. The van der Waals surface area contributed by atoms with E-state index in [2.05, 4.69) is 5.32 Å². The number of nitrogens with zero attached hydrogens (tertiary/aromatic N) is 1. The summed E-state index contributed by atoms with van der Waals surface area (Å²) >= 11 is 0. The first kappa shape index (κ1) is 15.2. The van der Waals surface area contributed by atoms with Crippen molar-refractivity contribution in [3.63, 3.8) is 0 Å². The summed E-state index contributed by atoms with van der Waals surface area (Å²) in [4.78, 5) is 25.5. The molecule has 2 rings (SSSR count).